The van der Waals surface area contributed by atoms with Crippen LogP contribution in [0.4, 0.5) is 10.1 Å². The van der Waals surface area contributed by atoms with E-state index in [2.05, 4.69) is 18.7 Å². The standard InChI is InChI=1S/C38H48FN3O7S/c1-25-30(34(36(44)45)49-37(2,3)4)33(41-18-16-38(5,6)17-19-41)31(32(40-25)35(43)42-20-23-50(46,47)24-21-42)27-9-13-29(14-10-27)48-22-15-26-7-11-28(39)12-8-26/h7-14,34H,15-24H2,1-6H3,(H,44,45). The van der Waals surface area contributed by atoms with Crippen molar-refractivity contribution < 1.29 is 37.0 Å². The third-order valence-electron chi connectivity index (χ3n) is 9.34. The second kappa shape index (κ2) is 14.7. The molecule has 1 unspecified atom stereocenters. The molecule has 1 atom stereocenters. The number of piperidine rings is 1. The maximum atomic E-state index is 14.4. The van der Waals surface area contributed by atoms with Crippen LogP contribution in [0.1, 0.15) is 80.9 Å². The molecule has 12 heteroatoms. The number of benzene rings is 2. The molecule has 1 aromatic heterocycles. The van der Waals surface area contributed by atoms with Gasteiger partial charge in [-0.15, -0.1) is 0 Å². The summed E-state index contributed by atoms with van der Waals surface area (Å²) in [7, 11) is -3.25. The fraction of sp³-hybridized carbons (Fsp3) is 0.500. The van der Waals surface area contributed by atoms with Crippen molar-refractivity contribution in [3.05, 3.63) is 76.9 Å². The molecule has 0 spiro atoms. The minimum absolute atomic E-state index is 0.0437. The van der Waals surface area contributed by atoms with Gasteiger partial charge in [-0.2, -0.15) is 0 Å². The van der Waals surface area contributed by atoms with Gasteiger partial charge < -0.3 is 24.4 Å². The predicted octanol–water partition coefficient (Wildman–Crippen LogP) is 6.26. The summed E-state index contributed by atoms with van der Waals surface area (Å²) >= 11 is 0. The van der Waals surface area contributed by atoms with E-state index in [9.17, 15) is 27.5 Å². The molecule has 1 N–H and O–H groups in total. The number of amides is 1. The quantitative estimate of drug-likeness (QED) is 0.260. The fourth-order valence-electron chi connectivity index (χ4n) is 6.42. The lowest BCUT2D eigenvalue weighted by Crippen LogP contribution is -2.44. The van der Waals surface area contributed by atoms with E-state index in [0.29, 0.717) is 59.9 Å². The molecule has 3 heterocycles. The summed E-state index contributed by atoms with van der Waals surface area (Å²) in [6, 6.07) is 13.5. The van der Waals surface area contributed by atoms with E-state index in [1.54, 1.807) is 52.0 Å². The van der Waals surface area contributed by atoms with Crippen molar-refractivity contribution >= 4 is 27.4 Å². The van der Waals surface area contributed by atoms with Gasteiger partial charge in [-0.1, -0.05) is 38.1 Å². The summed E-state index contributed by atoms with van der Waals surface area (Å²) in [4.78, 5) is 35.8. The zero-order valence-electron chi connectivity index (χ0n) is 29.8. The van der Waals surface area contributed by atoms with Crippen molar-refractivity contribution in [1.82, 2.24) is 9.88 Å². The number of rotatable bonds is 10. The van der Waals surface area contributed by atoms with Gasteiger partial charge in [0.15, 0.2) is 15.9 Å². The molecule has 270 valence electrons. The normalized spacial score (nSPS) is 18.1. The highest BCUT2D eigenvalue weighted by Gasteiger charge is 2.39. The Balaban J connectivity index is 1.63. The van der Waals surface area contributed by atoms with E-state index in [1.807, 2.05) is 12.1 Å². The minimum Gasteiger partial charge on any atom is -0.493 e. The second-order valence-corrected chi connectivity index (χ2v) is 17.3. The maximum Gasteiger partial charge on any atom is 0.337 e. The topological polar surface area (TPSA) is 126 Å². The first-order chi connectivity index (χ1) is 23.4. The summed E-state index contributed by atoms with van der Waals surface area (Å²) < 4.78 is 50.1. The number of sulfone groups is 1. The number of anilines is 1. The zero-order valence-corrected chi connectivity index (χ0v) is 30.6. The highest BCUT2D eigenvalue weighted by molar-refractivity contribution is 7.91. The van der Waals surface area contributed by atoms with E-state index >= 15 is 0 Å². The lowest BCUT2D eigenvalue weighted by molar-refractivity contribution is -0.160. The van der Waals surface area contributed by atoms with Gasteiger partial charge in [-0.05, 0) is 81.3 Å². The number of aryl methyl sites for hydroxylation is 1. The van der Waals surface area contributed by atoms with Crippen molar-refractivity contribution in [2.75, 3.05) is 49.2 Å². The molecule has 1 amide bonds. The van der Waals surface area contributed by atoms with E-state index in [0.717, 1.165) is 18.4 Å². The number of aliphatic carboxylic acids is 1. The van der Waals surface area contributed by atoms with Crippen LogP contribution in [0, 0.1) is 18.2 Å². The summed E-state index contributed by atoms with van der Waals surface area (Å²) in [5, 5.41) is 10.6. The van der Waals surface area contributed by atoms with Gasteiger partial charge >= 0.3 is 5.97 Å². The van der Waals surface area contributed by atoms with Gasteiger partial charge in [-0.25, -0.2) is 22.6 Å². The van der Waals surface area contributed by atoms with Gasteiger partial charge in [0.25, 0.3) is 5.91 Å². The van der Waals surface area contributed by atoms with Crippen molar-refractivity contribution in [1.29, 1.82) is 0 Å². The Hall–Kier alpha value is -4.03. The third-order valence-corrected chi connectivity index (χ3v) is 10.9. The van der Waals surface area contributed by atoms with Crippen LogP contribution in [-0.4, -0.2) is 85.2 Å². The van der Waals surface area contributed by atoms with Crippen molar-refractivity contribution in [3.8, 4) is 16.9 Å². The zero-order chi connectivity index (χ0) is 36.4. The summed E-state index contributed by atoms with van der Waals surface area (Å²) in [5.41, 5.74) is 2.80. The lowest BCUT2D eigenvalue weighted by Gasteiger charge is -2.41. The number of carboxylic acids is 1. The molecule has 2 aliphatic rings. The van der Waals surface area contributed by atoms with Crippen LogP contribution < -0.4 is 9.64 Å². The van der Waals surface area contributed by atoms with Crippen LogP contribution in [0.5, 0.6) is 5.75 Å². The number of nitrogens with zero attached hydrogens (tertiary/aromatic N) is 3. The van der Waals surface area contributed by atoms with Crippen molar-refractivity contribution in [3.63, 3.8) is 0 Å². The van der Waals surface area contributed by atoms with Gasteiger partial charge in [0.1, 0.15) is 17.3 Å². The van der Waals surface area contributed by atoms with Crippen LogP contribution in [0.2, 0.25) is 0 Å². The minimum atomic E-state index is -3.25. The summed E-state index contributed by atoms with van der Waals surface area (Å²) in [6.45, 7) is 13.2. The number of hydrogen-bond acceptors (Lipinski definition) is 8. The Kier molecular flexibility index (Phi) is 10.9. The first-order valence-electron chi connectivity index (χ1n) is 17.1. The molecule has 2 saturated heterocycles. The molecule has 0 aliphatic carbocycles. The van der Waals surface area contributed by atoms with E-state index in [4.69, 9.17) is 14.5 Å². The van der Waals surface area contributed by atoms with Crippen LogP contribution in [0.15, 0.2) is 48.5 Å². The third kappa shape index (κ3) is 9.00. The molecular formula is C38H48FN3O7S. The van der Waals surface area contributed by atoms with Gasteiger partial charge in [0, 0.05) is 49.4 Å². The smallest absolute Gasteiger partial charge is 0.337 e. The molecule has 0 saturated carbocycles. The average molecular weight is 710 g/mol. The van der Waals surface area contributed by atoms with E-state index in [1.165, 1.54) is 17.0 Å². The summed E-state index contributed by atoms with van der Waals surface area (Å²) in [6.07, 6.45) is 0.903. The number of ether oxygens (including phenoxy) is 2. The molecule has 50 heavy (non-hydrogen) atoms. The van der Waals surface area contributed by atoms with Gasteiger partial charge in [0.2, 0.25) is 0 Å². The van der Waals surface area contributed by atoms with Gasteiger partial charge in [0.05, 0.1) is 29.4 Å². The number of halogens is 1. The van der Waals surface area contributed by atoms with E-state index < -0.39 is 33.4 Å². The van der Waals surface area contributed by atoms with Crippen LogP contribution >= 0.6 is 0 Å². The number of carbonyl (C=O) groups excluding carboxylic acids is 1. The monoisotopic (exact) mass is 709 g/mol. The first-order valence-corrected chi connectivity index (χ1v) is 18.9. The molecule has 2 fully saturated rings. The van der Waals surface area contributed by atoms with Gasteiger partial charge in [-0.3, -0.25) is 4.79 Å². The lowest BCUT2D eigenvalue weighted by atomic mass is 9.81. The SMILES string of the molecule is Cc1nc(C(=O)N2CCS(=O)(=O)CC2)c(-c2ccc(OCCc3ccc(F)cc3)cc2)c(N2CCC(C)(C)CC2)c1C(OC(C)(C)C)C(=O)O. The average Bonchev–Trinajstić information content (AvgIpc) is 3.04. The Morgan fingerprint density at radius 3 is 2.14 bits per heavy atom. The predicted molar refractivity (Wildman–Crippen MR) is 191 cm³/mol. The largest absolute Gasteiger partial charge is 0.493 e. The molecule has 3 aromatic rings. The van der Waals surface area contributed by atoms with E-state index in [-0.39, 0.29) is 41.5 Å². The van der Waals surface area contributed by atoms with Crippen molar-refractivity contribution in [2.45, 2.75) is 72.5 Å². The Bertz CT molecular complexity index is 1800. The second-order valence-electron chi connectivity index (χ2n) is 15.0. The van der Waals surface area contributed by atoms with Crippen LogP contribution in [-0.2, 0) is 25.8 Å². The highest BCUT2D eigenvalue weighted by atomic mass is 32.2. The maximum absolute atomic E-state index is 14.4. The Morgan fingerprint density at radius 2 is 1.58 bits per heavy atom. The number of pyridine rings is 1. The Labute approximate surface area is 294 Å². The number of aromatic nitrogens is 1. The number of carbonyl (C=O) groups is 2. The molecular weight excluding hydrogens is 661 g/mol. The number of hydrogen-bond donors (Lipinski definition) is 1. The number of carboxylic acid groups (broad SMARTS) is 1. The summed E-state index contributed by atoms with van der Waals surface area (Å²) in [5.74, 6) is -1.56. The molecule has 0 bridgehead atoms. The molecule has 0 radical (unpaired) electrons. The Morgan fingerprint density at radius 1 is 0.980 bits per heavy atom. The molecule has 2 aromatic carbocycles. The molecule has 10 nitrogen and oxygen atoms in total. The highest BCUT2D eigenvalue weighted by Crippen LogP contribution is 2.45. The fourth-order valence-corrected chi connectivity index (χ4v) is 7.62. The van der Waals surface area contributed by atoms with Crippen molar-refractivity contribution in [2.24, 2.45) is 5.41 Å². The molecule has 2 aliphatic heterocycles. The molecule has 5 rings (SSSR count). The van der Waals surface area contributed by atoms with Crippen LogP contribution in [0.25, 0.3) is 11.1 Å². The first kappa shape index (κ1) is 37.2. The van der Waals surface area contributed by atoms with Crippen LogP contribution in [0.3, 0.4) is 0 Å².